The fraction of sp³-hybridized carbons (Fsp3) is 0.840. The number of aromatic nitrogens is 2. The maximum atomic E-state index is 12.3. The van der Waals surface area contributed by atoms with E-state index < -0.39 is 50.7 Å². The fourth-order valence-electron chi connectivity index (χ4n) is 4.66. The highest BCUT2D eigenvalue weighted by atomic mass is 31.1. The number of H-pyrrole nitrogens is 1. The predicted octanol–water partition coefficient (Wildman–Crippen LogP) is 4.06. The quantitative estimate of drug-likeness (QED) is 0.169. The first kappa shape index (κ1) is 30.9. The molecular formula is C25H45N2O8P. The zero-order valence-electron chi connectivity index (χ0n) is 21.6. The molecule has 0 saturated carbocycles. The molecule has 0 bridgehead atoms. The van der Waals surface area contributed by atoms with Gasteiger partial charge in [-0.2, -0.15) is 0 Å². The van der Waals surface area contributed by atoms with Crippen molar-refractivity contribution in [3.8, 4) is 0 Å². The summed E-state index contributed by atoms with van der Waals surface area (Å²) in [7, 11) is -3.34. The molecule has 1 fully saturated rings. The number of rotatable bonds is 20. The summed E-state index contributed by atoms with van der Waals surface area (Å²) in [5.41, 5.74) is -1.26. The number of nitrogens with zero attached hydrogens (tertiary/aromatic N) is 1. The Morgan fingerprint density at radius 1 is 0.944 bits per heavy atom. The van der Waals surface area contributed by atoms with Gasteiger partial charge in [0.05, 0.1) is 6.61 Å². The Morgan fingerprint density at radius 3 is 2.00 bits per heavy atom. The van der Waals surface area contributed by atoms with Gasteiger partial charge in [0.1, 0.15) is 18.3 Å². The van der Waals surface area contributed by atoms with Gasteiger partial charge in [-0.25, -0.2) is 4.79 Å². The van der Waals surface area contributed by atoms with Crippen LogP contribution in [0.4, 0.5) is 0 Å². The molecule has 1 aromatic heterocycles. The first-order valence-corrected chi connectivity index (χ1v) is 14.8. The van der Waals surface area contributed by atoms with Crippen molar-refractivity contribution in [3.63, 3.8) is 0 Å². The van der Waals surface area contributed by atoms with Gasteiger partial charge in [-0.05, 0) is 6.42 Å². The van der Waals surface area contributed by atoms with E-state index in [0.29, 0.717) is 6.61 Å². The second-order valence-corrected chi connectivity index (χ2v) is 10.3. The minimum absolute atomic E-state index is 0.352. The summed E-state index contributed by atoms with van der Waals surface area (Å²) in [6.07, 6.45) is 14.7. The molecule has 2 heterocycles. The number of aromatic amines is 1. The number of ether oxygens (including phenoxy) is 2. The summed E-state index contributed by atoms with van der Waals surface area (Å²) in [6.45, 7) is 2.12. The number of unbranched alkanes of at least 4 members (excludes halogenated alkanes) is 13. The summed E-state index contributed by atoms with van der Waals surface area (Å²) in [5.74, 6) is 0. The third-order valence-electron chi connectivity index (χ3n) is 6.64. The standard InChI is InChI=1S/C25H45N2O8P/c1-2-3-4-5-6-7-8-9-10-11-12-13-14-15-18-33-23-22(35-36(31)32)20(19-28)34-24(23)27-17-16-21(29)26-25(27)30/h16-17,20,22-24,28,36H,2-15,18-19H2,1H3,(H,31,32)(H,26,29,30)/t20-,22+,23?,24-/m1/s1. The minimum atomic E-state index is -3.34. The van der Waals surface area contributed by atoms with E-state index >= 15 is 0 Å². The molecule has 1 aliphatic rings. The van der Waals surface area contributed by atoms with Crippen LogP contribution in [0.15, 0.2) is 21.9 Å². The molecule has 36 heavy (non-hydrogen) atoms. The molecular weight excluding hydrogens is 487 g/mol. The Bertz CT molecular complexity index is 861. The molecule has 0 spiro atoms. The zero-order valence-corrected chi connectivity index (χ0v) is 22.6. The molecule has 10 nitrogen and oxygen atoms in total. The van der Waals surface area contributed by atoms with Gasteiger partial charge in [-0.3, -0.25) is 18.9 Å². The van der Waals surface area contributed by atoms with Crippen molar-refractivity contribution in [1.29, 1.82) is 0 Å². The fourth-order valence-corrected chi connectivity index (χ4v) is 5.18. The molecule has 1 aromatic rings. The maximum absolute atomic E-state index is 12.3. The number of aliphatic hydroxyl groups excluding tert-OH is 1. The highest BCUT2D eigenvalue weighted by Crippen LogP contribution is 2.37. The number of aliphatic hydroxyl groups is 1. The summed E-state index contributed by atoms with van der Waals surface area (Å²) >= 11 is 0. The topological polar surface area (TPSA) is 140 Å². The van der Waals surface area contributed by atoms with Gasteiger partial charge in [-0.15, -0.1) is 0 Å². The molecule has 5 atom stereocenters. The summed E-state index contributed by atoms with van der Waals surface area (Å²) in [4.78, 5) is 35.2. The minimum Gasteiger partial charge on any atom is -0.394 e. The molecule has 1 aliphatic heterocycles. The molecule has 0 aromatic carbocycles. The lowest BCUT2D eigenvalue weighted by Gasteiger charge is -2.24. The molecule has 0 aliphatic carbocycles. The molecule has 11 heteroatoms. The Morgan fingerprint density at radius 2 is 1.50 bits per heavy atom. The lowest BCUT2D eigenvalue weighted by atomic mass is 10.0. The van der Waals surface area contributed by atoms with Crippen molar-refractivity contribution >= 4 is 8.25 Å². The molecule has 3 N–H and O–H groups in total. The van der Waals surface area contributed by atoms with Gasteiger partial charge in [0.2, 0.25) is 0 Å². The summed E-state index contributed by atoms with van der Waals surface area (Å²) < 4.78 is 29.3. The largest absolute Gasteiger partial charge is 0.394 e. The van der Waals surface area contributed by atoms with Crippen LogP contribution in [-0.4, -0.2) is 51.1 Å². The first-order valence-electron chi connectivity index (χ1n) is 13.6. The van der Waals surface area contributed by atoms with Crippen LogP contribution in [0.1, 0.15) is 103 Å². The van der Waals surface area contributed by atoms with E-state index in [1.807, 2.05) is 0 Å². The van der Waals surface area contributed by atoms with Gasteiger partial charge in [0, 0.05) is 18.9 Å². The average molecular weight is 533 g/mol. The van der Waals surface area contributed by atoms with Gasteiger partial charge >= 0.3 is 13.9 Å². The Hall–Kier alpha value is -1.29. The molecule has 208 valence electrons. The third-order valence-corrected chi connectivity index (χ3v) is 7.11. The van der Waals surface area contributed by atoms with Crippen molar-refractivity contribution in [2.75, 3.05) is 13.2 Å². The van der Waals surface area contributed by atoms with Crippen LogP contribution in [0.2, 0.25) is 0 Å². The Balaban J connectivity index is 1.71. The van der Waals surface area contributed by atoms with Gasteiger partial charge in [0.25, 0.3) is 5.56 Å². The molecule has 0 radical (unpaired) electrons. The summed E-state index contributed by atoms with van der Waals surface area (Å²) in [5, 5.41) is 9.67. The number of hydrogen-bond acceptors (Lipinski definition) is 7. The van der Waals surface area contributed by atoms with E-state index in [0.717, 1.165) is 23.8 Å². The molecule has 2 unspecified atom stereocenters. The van der Waals surface area contributed by atoms with Crippen LogP contribution in [0.25, 0.3) is 0 Å². The van der Waals surface area contributed by atoms with E-state index in [2.05, 4.69) is 11.9 Å². The SMILES string of the molecule is CCCCCCCCCCCCCCCCOC1[C@@H](O[PH](=O)O)[C@@H](CO)O[C@H]1n1ccc(=O)[nH]c1=O. The van der Waals surface area contributed by atoms with E-state index in [1.54, 1.807) is 0 Å². The van der Waals surface area contributed by atoms with Crippen LogP contribution in [0.5, 0.6) is 0 Å². The van der Waals surface area contributed by atoms with Crippen LogP contribution >= 0.6 is 8.25 Å². The second kappa shape index (κ2) is 18.0. The van der Waals surface area contributed by atoms with Gasteiger partial charge < -0.3 is 24.0 Å². The van der Waals surface area contributed by atoms with Crippen LogP contribution in [-0.2, 0) is 18.6 Å². The smallest absolute Gasteiger partial charge is 0.330 e. The molecule has 0 amide bonds. The normalized spacial score (nSPS) is 22.8. The first-order chi connectivity index (χ1) is 17.5. The van der Waals surface area contributed by atoms with Crippen molar-refractivity contribution in [2.24, 2.45) is 0 Å². The van der Waals surface area contributed by atoms with Crippen molar-refractivity contribution in [3.05, 3.63) is 33.1 Å². The lowest BCUT2D eigenvalue weighted by molar-refractivity contribution is -0.0744. The van der Waals surface area contributed by atoms with Crippen LogP contribution in [0.3, 0.4) is 0 Å². The Labute approximate surface area is 214 Å². The molecule has 2 rings (SSSR count). The van der Waals surface area contributed by atoms with Crippen LogP contribution < -0.4 is 11.2 Å². The van der Waals surface area contributed by atoms with Gasteiger partial charge in [0.15, 0.2) is 6.23 Å². The molecule has 1 saturated heterocycles. The highest BCUT2D eigenvalue weighted by molar-refractivity contribution is 7.32. The van der Waals surface area contributed by atoms with Crippen molar-refractivity contribution < 1.29 is 28.6 Å². The zero-order chi connectivity index (χ0) is 26.2. The van der Waals surface area contributed by atoms with E-state index in [1.165, 1.54) is 82.9 Å². The average Bonchev–Trinajstić information content (AvgIpc) is 3.17. The predicted molar refractivity (Wildman–Crippen MR) is 138 cm³/mol. The van der Waals surface area contributed by atoms with E-state index in [4.69, 9.17) is 14.0 Å². The monoisotopic (exact) mass is 532 g/mol. The number of nitrogens with one attached hydrogen (secondary N) is 1. The van der Waals surface area contributed by atoms with E-state index in [9.17, 15) is 24.2 Å². The third kappa shape index (κ3) is 11.0. The summed E-state index contributed by atoms with van der Waals surface area (Å²) in [6, 6.07) is 1.17. The number of hydrogen-bond donors (Lipinski definition) is 3. The van der Waals surface area contributed by atoms with E-state index in [-0.39, 0.29) is 0 Å². The second-order valence-electron chi connectivity index (χ2n) is 9.55. The van der Waals surface area contributed by atoms with Gasteiger partial charge in [-0.1, -0.05) is 90.4 Å². The van der Waals surface area contributed by atoms with Crippen LogP contribution in [0, 0.1) is 0 Å². The van der Waals surface area contributed by atoms with Crippen molar-refractivity contribution in [2.45, 2.75) is 121 Å². The Kier molecular flexibility index (Phi) is 15.5. The maximum Gasteiger partial charge on any atom is 0.330 e. The lowest BCUT2D eigenvalue weighted by Crippen LogP contribution is -2.40. The highest BCUT2D eigenvalue weighted by Gasteiger charge is 2.48. The van der Waals surface area contributed by atoms with Crippen molar-refractivity contribution in [1.82, 2.24) is 9.55 Å².